The van der Waals surface area contributed by atoms with Crippen LogP contribution in [0.2, 0.25) is 0 Å². The number of hydrogen-bond donors (Lipinski definition) is 0. The van der Waals surface area contributed by atoms with Gasteiger partial charge in [-0.1, -0.05) is 0 Å². The Balaban J connectivity index is 1.65. The zero-order valence-electron chi connectivity index (χ0n) is 14.0. The number of fused-ring (bicyclic) bond motifs is 2. The summed E-state index contributed by atoms with van der Waals surface area (Å²) in [5.41, 5.74) is -0.0204. The van der Waals surface area contributed by atoms with E-state index >= 15 is 0 Å². The molecule has 0 saturated carbocycles. The molecule has 0 radical (unpaired) electrons. The minimum absolute atomic E-state index is 0.0102. The summed E-state index contributed by atoms with van der Waals surface area (Å²) in [6, 6.07) is 0. The van der Waals surface area contributed by atoms with Gasteiger partial charge in [0, 0.05) is 13.1 Å². The van der Waals surface area contributed by atoms with Crippen LogP contribution >= 0.6 is 0 Å². The number of aliphatic imine (C=N–C) groups is 2. The van der Waals surface area contributed by atoms with E-state index in [1.54, 1.807) is 0 Å². The first-order valence-electron chi connectivity index (χ1n) is 8.27. The lowest BCUT2D eigenvalue weighted by Gasteiger charge is -2.34. The molecule has 2 atom stereocenters. The van der Waals surface area contributed by atoms with Crippen molar-refractivity contribution in [3.63, 3.8) is 0 Å². The topological polar surface area (TPSA) is 49.7 Å². The van der Waals surface area contributed by atoms with Gasteiger partial charge in [0.15, 0.2) is 12.2 Å². The van der Waals surface area contributed by atoms with Gasteiger partial charge in [-0.05, 0) is 40.5 Å². The Morgan fingerprint density at radius 1 is 0.818 bits per heavy atom. The molecule has 0 aromatic rings. The van der Waals surface area contributed by atoms with Gasteiger partial charge in [0.25, 0.3) is 0 Å². The predicted molar refractivity (Wildman–Crippen MR) is 85.2 cm³/mol. The predicted octanol–water partition coefficient (Wildman–Crippen LogP) is 1.46. The maximum absolute atomic E-state index is 6.06. The highest BCUT2D eigenvalue weighted by Crippen LogP contribution is 2.33. The van der Waals surface area contributed by atoms with Crippen LogP contribution in [-0.2, 0) is 9.47 Å². The Hall–Kier alpha value is -1.14. The van der Waals surface area contributed by atoms with Crippen LogP contribution in [0.4, 0.5) is 0 Å². The summed E-state index contributed by atoms with van der Waals surface area (Å²) >= 11 is 0. The van der Waals surface area contributed by atoms with Crippen molar-refractivity contribution in [2.24, 2.45) is 9.98 Å². The van der Waals surface area contributed by atoms with Gasteiger partial charge in [0.05, 0.1) is 11.1 Å². The van der Waals surface area contributed by atoms with E-state index in [2.05, 4.69) is 37.5 Å². The van der Waals surface area contributed by atoms with Crippen LogP contribution in [-0.4, -0.2) is 71.3 Å². The van der Waals surface area contributed by atoms with Crippen LogP contribution in [0, 0.1) is 0 Å². The molecule has 0 bridgehead atoms. The molecular formula is C16H26N4O2. The first-order valence-corrected chi connectivity index (χ1v) is 8.27. The zero-order valence-corrected chi connectivity index (χ0v) is 14.0. The summed E-state index contributed by atoms with van der Waals surface area (Å²) in [7, 11) is 0. The fraction of sp³-hybridized carbons (Fsp3) is 0.875. The van der Waals surface area contributed by atoms with Gasteiger partial charge in [-0.25, -0.2) is 0 Å². The maximum Gasteiger partial charge on any atom is 0.150 e. The third-order valence-electron chi connectivity index (χ3n) is 5.07. The van der Waals surface area contributed by atoms with Crippen molar-refractivity contribution >= 4 is 11.7 Å². The standard InChI is InChI=1S/C16H26N4O2/c1-15(2)5-7-19-9-21-11(13(19)17-15)12-14-18-16(3,4)6-8-20(14)10-22-12/h11-12H,5-10H2,1-4H3/t11-,12-/m1/s1. The summed E-state index contributed by atoms with van der Waals surface area (Å²) in [4.78, 5) is 14.4. The van der Waals surface area contributed by atoms with Crippen LogP contribution in [0.15, 0.2) is 9.98 Å². The van der Waals surface area contributed by atoms with Crippen LogP contribution in [0.5, 0.6) is 0 Å². The Morgan fingerprint density at radius 3 is 1.64 bits per heavy atom. The van der Waals surface area contributed by atoms with Gasteiger partial charge in [-0.15, -0.1) is 0 Å². The van der Waals surface area contributed by atoms with E-state index in [1.807, 2.05) is 0 Å². The lowest BCUT2D eigenvalue weighted by Crippen LogP contribution is -2.49. The molecule has 122 valence electrons. The second-order valence-electron chi connectivity index (χ2n) is 8.02. The Kier molecular flexibility index (Phi) is 3.07. The zero-order chi connectivity index (χ0) is 15.5. The minimum Gasteiger partial charge on any atom is -0.347 e. The summed E-state index contributed by atoms with van der Waals surface area (Å²) in [6.45, 7) is 12.0. The van der Waals surface area contributed by atoms with E-state index in [9.17, 15) is 0 Å². The number of nitrogens with zero attached hydrogens (tertiary/aromatic N) is 4. The van der Waals surface area contributed by atoms with Gasteiger partial charge in [-0.3, -0.25) is 9.98 Å². The lowest BCUT2D eigenvalue weighted by molar-refractivity contribution is 0.00150. The molecule has 0 aliphatic carbocycles. The highest BCUT2D eigenvalue weighted by Gasteiger charge is 2.48. The molecule has 4 rings (SSSR count). The molecule has 4 heterocycles. The quantitative estimate of drug-likeness (QED) is 0.736. The summed E-state index contributed by atoms with van der Waals surface area (Å²) < 4.78 is 12.1. The average Bonchev–Trinajstić information content (AvgIpc) is 2.99. The van der Waals surface area contributed by atoms with E-state index in [0.29, 0.717) is 13.5 Å². The lowest BCUT2D eigenvalue weighted by atomic mass is 9.96. The molecule has 2 fully saturated rings. The smallest absolute Gasteiger partial charge is 0.150 e. The Morgan fingerprint density at radius 2 is 1.23 bits per heavy atom. The summed E-state index contributed by atoms with van der Waals surface area (Å²) in [6.07, 6.45) is 1.91. The molecule has 0 amide bonds. The molecule has 4 aliphatic rings. The van der Waals surface area contributed by atoms with Crippen LogP contribution in [0.1, 0.15) is 40.5 Å². The molecule has 0 unspecified atom stereocenters. The van der Waals surface area contributed by atoms with Crippen LogP contribution in [0.25, 0.3) is 0 Å². The van der Waals surface area contributed by atoms with Gasteiger partial charge in [0.2, 0.25) is 0 Å². The number of hydrogen-bond acceptors (Lipinski definition) is 6. The van der Waals surface area contributed by atoms with Gasteiger partial charge >= 0.3 is 0 Å². The highest BCUT2D eigenvalue weighted by atomic mass is 16.6. The van der Waals surface area contributed by atoms with Crippen molar-refractivity contribution in [3.8, 4) is 0 Å². The second-order valence-corrected chi connectivity index (χ2v) is 8.02. The highest BCUT2D eigenvalue weighted by molar-refractivity contribution is 5.98. The molecular weight excluding hydrogens is 280 g/mol. The van der Waals surface area contributed by atoms with Gasteiger partial charge < -0.3 is 19.3 Å². The number of amidine groups is 2. The van der Waals surface area contributed by atoms with E-state index in [4.69, 9.17) is 19.5 Å². The fourth-order valence-corrected chi connectivity index (χ4v) is 3.60. The minimum atomic E-state index is -0.114. The molecule has 4 aliphatic heterocycles. The maximum atomic E-state index is 6.06. The van der Waals surface area contributed by atoms with Crippen LogP contribution < -0.4 is 0 Å². The Bertz CT molecular complexity index is 492. The molecule has 0 aromatic carbocycles. The molecule has 6 heteroatoms. The number of ether oxygens (including phenoxy) is 2. The second kappa shape index (κ2) is 4.68. The average molecular weight is 306 g/mol. The van der Waals surface area contributed by atoms with E-state index in [0.717, 1.165) is 37.6 Å². The molecule has 2 saturated heterocycles. The van der Waals surface area contributed by atoms with Crippen molar-refractivity contribution in [1.82, 2.24) is 9.80 Å². The third kappa shape index (κ3) is 2.33. The van der Waals surface area contributed by atoms with Gasteiger partial charge in [-0.2, -0.15) is 0 Å². The van der Waals surface area contributed by atoms with E-state index < -0.39 is 0 Å². The van der Waals surface area contributed by atoms with Crippen molar-refractivity contribution in [1.29, 1.82) is 0 Å². The first kappa shape index (κ1) is 14.5. The third-order valence-corrected chi connectivity index (χ3v) is 5.07. The van der Waals surface area contributed by atoms with E-state index in [-0.39, 0.29) is 23.3 Å². The van der Waals surface area contributed by atoms with Crippen molar-refractivity contribution < 1.29 is 9.47 Å². The van der Waals surface area contributed by atoms with Crippen molar-refractivity contribution in [2.75, 3.05) is 26.6 Å². The normalized spacial score (nSPS) is 35.8. The molecule has 0 aromatic heterocycles. The SMILES string of the molecule is CC1(C)CCN2CO[C@H]([C@H]3OCN4CCC(C)(C)N=C34)C2=N1. The summed E-state index contributed by atoms with van der Waals surface area (Å²) in [5, 5.41) is 0. The molecule has 6 nitrogen and oxygen atoms in total. The van der Waals surface area contributed by atoms with Gasteiger partial charge in [0.1, 0.15) is 25.1 Å². The first-order chi connectivity index (χ1) is 10.3. The molecule has 0 spiro atoms. The van der Waals surface area contributed by atoms with Crippen molar-refractivity contribution in [2.45, 2.75) is 63.8 Å². The fourth-order valence-electron chi connectivity index (χ4n) is 3.60. The molecule has 0 N–H and O–H groups in total. The van der Waals surface area contributed by atoms with Crippen LogP contribution in [0.3, 0.4) is 0 Å². The monoisotopic (exact) mass is 306 g/mol. The molecule has 22 heavy (non-hydrogen) atoms. The van der Waals surface area contributed by atoms with E-state index in [1.165, 1.54) is 0 Å². The summed E-state index contributed by atoms with van der Waals surface area (Å²) in [5.74, 6) is 2.10. The van der Waals surface area contributed by atoms with Crippen molar-refractivity contribution in [3.05, 3.63) is 0 Å². The largest absolute Gasteiger partial charge is 0.347 e. The number of rotatable bonds is 1. The Labute approximate surface area is 132 Å².